The number of thioether (sulfide) groups is 1. The molecule has 3 rings (SSSR count). The van der Waals surface area contributed by atoms with Crippen molar-refractivity contribution in [3.8, 4) is 6.07 Å². The van der Waals surface area contributed by atoms with Crippen LogP contribution < -0.4 is 5.32 Å². The standard InChI is InChI=1S/C20H23Cl2N3O2S2/c1-13-11-25(12-14(2)24-13)29(26,27)19-6-15(10-23)4-5-18(19)28-20(3)8-16(21)7-17(22)9-20/h4-8,13-14,24H,9,11-12H2,1-3H3. The van der Waals surface area contributed by atoms with Crippen molar-refractivity contribution in [1.29, 1.82) is 5.26 Å². The normalized spacial score (nSPS) is 28.4. The van der Waals surface area contributed by atoms with Crippen molar-refractivity contribution in [3.63, 3.8) is 0 Å². The average molecular weight is 472 g/mol. The summed E-state index contributed by atoms with van der Waals surface area (Å²) in [5.41, 5.74) is 0.310. The predicted molar refractivity (Wildman–Crippen MR) is 119 cm³/mol. The van der Waals surface area contributed by atoms with Gasteiger partial charge in [-0.3, -0.25) is 0 Å². The number of nitrogens with zero attached hydrogens (tertiary/aromatic N) is 2. The van der Waals surface area contributed by atoms with Crippen LogP contribution >= 0.6 is 35.0 Å². The maximum Gasteiger partial charge on any atom is 0.244 e. The average Bonchev–Trinajstić information content (AvgIpc) is 2.59. The monoisotopic (exact) mass is 471 g/mol. The number of nitrogens with one attached hydrogen (secondary N) is 1. The molecular weight excluding hydrogens is 449 g/mol. The SMILES string of the molecule is CC1CN(S(=O)(=O)c2cc(C#N)ccc2SC2(C)C=C(Cl)C=C(Cl)C2)CC(C)N1. The van der Waals surface area contributed by atoms with Crippen LogP contribution in [0.3, 0.4) is 0 Å². The fourth-order valence-corrected chi connectivity index (χ4v) is 8.05. The Labute approximate surface area is 186 Å². The molecule has 1 fully saturated rings. The van der Waals surface area contributed by atoms with Gasteiger partial charge in [0.15, 0.2) is 0 Å². The summed E-state index contributed by atoms with van der Waals surface area (Å²) in [5, 5.41) is 13.8. The summed E-state index contributed by atoms with van der Waals surface area (Å²) in [6, 6.07) is 6.94. The lowest BCUT2D eigenvalue weighted by Gasteiger charge is -2.36. The minimum Gasteiger partial charge on any atom is -0.309 e. The topological polar surface area (TPSA) is 73.2 Å². The molecule has 1 saturated heterocycles. The first kappa shape index (κ1) is 22.7. The van der Waals surface area contributed by atoms with Crippen LogP contribution in [0, 0.1) is 11.3 Å². The minimum absolute atomic E-state index is 0.0466. The minimum atomic E-state index is -3.78. The molecule has 9 heteroatoms. The van der Waals surface area contributed by atoms with Crippen LogP contribution in [0.5, 0.6) is 0 Å². The van der Waals surface area contributed by atoms with E-state index in [9.17, 15) is 13.7 Å². The summed E-state index contributed by atoms with van der Waals surface area (Å²) in [4.78, 5) is 0.733. The third-order valence-corrected chi connectivity index (χ3v) is 8.58. The highest BCUT2D eigenvalue weighted by Gasteiger charge is 2.35. The number of sulfonamides is 1. The Balaban J connectivity index is 2.03. The number of nitriles is 1. The molecule has 2 aliphatic rings. The smallest absolute Gasteiger partial charge is 0.244 e. The molecule has 1 aliphatic carbocycles. The highest BCUT2D eigenvalue weighted by Crippen LogP contribution is 2.45. The lowest BCUT2D eigenvalue weighted by molar-refractivity contribution is 0.262. The van der Waals surface area contributed by atoms with Gasteiger partial charge in [0.25, 0.3) is 0 Å². The van der Waals surface area contributed by atoms with Gasteiger partial charge in [0, 0.05) is 51.3 Å². The van der Waals surface area contributed by atoms with Crippen molar-refractivity contribution in [2.45, 2.75) is 53.8 Å². The summed E-state index contributed by atoms with van der Waals surface area (Å²) in [5.74, 6) is 0. The molecule has 5 nitrogen and oxygen atoms in total. The number of halogens is 2. The lowest BCUT2D eigenvalue weighted by Crippen LogP contribution is -2.55. The van der Waals surface area contributed by atoms with Crippen molar-refractivity contribution >= 4 is 45.0 Å². The predicted octanol–water partition coefficient (Wildman–Crippen LogP) is 4.43. The fourth-order valence-electron chi connectivity index (χ4n) is 3.71. The lowest BCUT2D eigenvalue weighted by atomic mass is 10.0. The number of rotatable bonds is 4. The molecule has 0 amide bonds. The molecule has 1 heterocycles. The van der Waals surface area contributed by atoms with E-state index in [1.807, 2.05) is 32.9 Å². The van der Waals surface area contributed by atoms with Crippen molar-refractivity contribution in [2.75, 3.05) is 13.1 Å². The number of allylic oxidation sites excluding steroid dienone is 3. The fraction of sp³-hybridized carbons (Fsp3) is 0.450. The molecule has 0 aromatic heterocycles. The molecule has 3 unspecified atom stereocenters. The number of piperazine rings is 1. The Kier molecular flexibility index (Phi) is 6.74. The highest BCUT2D eigenvalue weighted by atomic mass is 35.5. The summed E-state index contributed by atoms with van der Waals surface area (Å²) in [7, 11) is -3.78. The van der Waals surface area contributed by atoms with E-state index in [4.69, 9.17) is 23.2 Å². The Morgan fingerprint density at radius 2 is 1.93 bits per heavy atom. The Morgan fingerprint density at radius 1 is 1.28 bits per heavy atom. The molecule has 1 N–H and O–H groups in total. The molecule has 29 heavy (non-hydrogen) atoms. The summed E-state index contributed by atoms with van der Waals surface area (Å²) in [6.07, 6.45) is 4.12. The first-order valence-electron chi connectivity index (χ1n) is 9.26. The van der Waals surface area contributed by atoms with Crippen LogP contribution in [0.1, 0.15) is 32.8 Å². The van der Waals surface area contributed by atoms with E-state index < -0.39 is 14.8 Å². The van der Waals surface area contributed by atoms with Crippen molar-refractivity contribution in [3.05, 3.63) is 46.0 Å². The van der Waals surface area contributed by atoms with E-state index in [2.05, 4.69) is 5.32 Å². The van der Waals surface area contributed by atoms with E-state index in [1.165, 1.54) is 22.1 Å². The first-order valence-corrected chi connectivity index (χ1v) is 12.3. The van der Waals surface area contributed by atoms with E-state index in [-0.39, 0.29) is 17.0 Å². The zero-order valence-electron chi connectivity index (χ0n) is 16.4. The van der Waals surface area contributed by atoms with Gasteiger partial charge in [0.05, 0.1) is 16.5 Å². The maximum absolute atomic E-state index is 13.5. The van der Waals surface area contributed by atoms with E-state index in [1.54, 1.807) is 18.2 Å². The second kappa shape index (κ2) is 8.62. The van der Waals surface area contributed by atoms with Gasteiger partial charge in [0.2, 0.25) is 10.0 Å². The summed E-state index contributed by atoms with van der Waals surface area (Å²) < 4.78 is 28.1. The van der Waals surface area contributed by atoms with Crippen LogP contribution in [0.2, 0.25) is 0 Å². The maximum atomic E-state index is 13.5. The van der Waals surface area contributed by atoms with Gasteiger partial charge in [-0.15, -0.1) is 11.8 Å². The number of hydrogen-bond acceptors (Lipinski definition) is 5. The zero-order valence-corrected chi connectivity index (χ0v) is 19.6. The molecule has 156 valence electrons. The molecule has 1 aromatic carbocycles. The molecular formula is C20H23Cl2N3O2S2. The Bertz CT molecular complexity index is 1010. The van der Waals surface area contributed by atoms with E-state index in [0.717, 1.165) is 0 Å². The molecule has 0 saturated carbocycles. The van der Waals surface area contributed by atoms with Crippen molar-refractivity contribution in [1.82, 2.24) is 9.62 Å². The Hall–Kier alpha value is -1.01. The third kappa shape index (κ3) is 5.19. The largest absolute Gasteiger partial charge is 0.309 e. The molecule has 0 bridgehead atoms. The summed E-state index contributed by atoms with van der Waals surface area (Å²) >= 11 is 13.8. The van der Waals surface area contributed by atoms with Gasteiger partial charge in [-0.25, -0.2) is 8.42 Å². The van der Waals surface area contributed by atoms with Gasteiger partial charge in [-0.2, -0.15) is 9.57 Å². The number of hydrogen-bond donors (Lipinski definition) is 1. The molecule has 0 spiro atoms. The van der Waals surface area contributed by atoms with Gasteiger partial charge in [-0.1, -0.05) is 23.2 Å². The molecule has 1 aromatic rings. The molecule has 0 radical (unpaired) electrons. The second-order valence-electron chi connectivity index (χ2n) is 7.78. The molecule has 1 aliphatic heterocycles. The van der Waals surface area contributed by atoms with E-state index in [0.29, 0.717) is 40.0 Å². The molecule has 3 atom stereocenters. The van der Waals surface area contributed by atoms with Gasteiger partial charge in [0.1, 0.15) is 0 Å². The van der Waals surface area contributed by atoms with Crippen LogP contribution in [0.25, 0.3) is 0 Å². The van der Waals surface area contributed by atoms with Crippen molar-refractivity contribution < 1.29 is 8.42 Å². The quantitative estimate of drug-likeness (QED) is 0.702. The third-order valence-electron chi connectivity index (χ3n) is 4.82. The number of benzene rings is 1. The summed E-state index contributed by atoms with van der Waals surface area (Å²) in [6.45, 7) is 6.66. The van der Waals surface area contributed by atoms with Gasteiger partial charge < -0.3 is 5.32 Å². The van der Waals surface area contributed by atoms with Crippen LogP contribution in [0.15, 0.2) is 50.2 Å². The first-order chi connectivity index (χ1) is 13.5. The van der Waals surface area contributed by atoms with Crippen molar-refractivity contribution in [2.24, 2.45) is 0 Å². The van der Waals surface area contributed by atoms with Crippen LogP contribution in [-0.2, 0) is 10.0 Å². The van der Waals surface area contributed by atoms with Crippen LogP contribution in [0.4, 0.5) is 0 Å². The van der Waals surface area contributed by atoms with Gasteiger partial charge >= 0.3 is 0 Å². The van der Waals surface area contributed by atoms with E-state index >= 15 is 0 Å². The Morgan fingerprint density at radius 3 is 2.52 bits per heavy atom. The highest BCUT2D eigenvalue weighted by molar-refractivity contribution is 8.01. The van der Waals surface area contributed by atoms with Crippen LogP contribution in [-0.4, -0.2) is 42.6 Å². The second-order valence-corrected chi connectivity index (χ2v) is 12.2. The zero-order chi connectivity index (χ0) is 21.4. The van der Waals surface area contributed by atoms with Gasteiger partial charge in [-0.05, 0) is 51.1 Å².